The fourth-order valence-corrected chi connectivity index (χ4v) is 2.40. The summed E-state index contributed by atoms with van der Waals surface area (Å²) >= 11 is 1.57. The molecule has 0 aliphatic rings. The maximum atomic E-state index is 10.3. The van der Waals surface area contributed by atoms with Crippen LogP contribution in [0.4, 0.5) is 0 Å². The molecule has 4 heteroatoms. The van der Waals surface area contributed by atoms with Crippen molar-refractivity contribution < 1.29 is 5.11 Å². The summed E-state index contributed by atoms with van der Waals surface area (Å²) in [5.41, 5.74) is 0.164. The van der Waals surface area contributed by atoms with E-state index in [1.807, 2.05) is 42.6 Å². The third-order valence-corrected chi connectivity index (χ3v) is 3.68. The highest BCUT2D eigenvalue weighted by atomic mass is 32.1. The number of rotatable bonds is 5. The van der Waals surface area contributed by atoms with Gasteiger partial charge in [-0.15, -0.1) is 11.3 Å². The first-order valence-electron chi connectivity index (χ1n) is 5.55. The van der Waals surface area contributed by atoms with E-state index in [1.54, 1.807) is 17.5 Å². The van der Waals surface area contributed by atoms with Crippen LogP contribution < -0.4 is 5.32 Å². The van der Waals surface area contributed by atoms with Crippen molar-refractivity contribution in [1.29, 1.82) is 0 Å². The van der Waals surface area contributed by atoms with Crippen molar-refractivity contribution in [3.8, 4) is 0 Å². The van der Waals surface area contributed by atoms with Crippen LogP contribution in [0.25, 0.3) is 0 Å². The Morgan fingerprint density at radius 3 is 2.88 bits per heavy atom. The van der Waals surface area contributed by atoms with Crippen molar-refractivity contribution in [2.45, 2.75) is 19.1 Å². The summed E-state index contributed by atoms with van der Waals surface area (Å²) in [6.45, 7) is 3.01. The first-order valence-corrected chi connectivity index (χ1v) is 6.43. The average molecular weight is 248 g/mol. The normalized spacial score (nSPS) is 14.5. The lowest BCUT2D eigenvalue weighted by Crippen LogP contribution is -2.34. The molecule has 2 aromatic rings. The minimum absolute atomic E-state index is 0.518. The molecule has 0 amide bonds. The Morgan fingerprint density at radius 2 is 2.24 bits per heavy atom. The second kappa shape index (κ2) is 5.40. The van der Waals surface area contributed by atoms with Crippen LogP contribution in [0.15, 0.2) is 41.9 Å². The van der Waals surface area contributed by atoms with E-state index in [4.69, 9.17) is 0 Å². The van der Waals surface area contributed by atoms with Crippen molar-refractivity contribution >= 4 is 11.3 Å². The molecule has 2 heterocycles. The van der Waals surface area contributed by atoms with Crippen LogP contribution in [0.1, 0.15) is 17.5 Å². The molecule has 0 radical (unpaired) electrons. The van der Waals surface area contributed by atoms with E-state index in [0.29, 0.717) is 13.1 Å². The highest BCUT2D eigenvalue weighted by Crippen LogP contribution is 2.24. The lowest BCUT2D eigenvalue weighted by molar-refractivity contribution is 0.0603. The summed E-state index contributed by atoms with van der Waals surface area (Å²) in [7, 11) is 0. The molecule has 0 saturated heterocycles. The van der Waals surface area contributed by atoms with Gasteiger partial charge in [-0.2, -0.15) is 0 Å². The Balaban J connectivity index is 1.86. The molecule has 1 unspecified atom stereocenters. The van der Waals surface area contributed by atoms with Crippen LogP contribution >= 0.6 is 11.3 Å². The zero-order valence-corrected chi connectivity index (χ0v) is 10.6. The van der Waals surface area contributed by atoms with Gasteiger partial charge in [0.15, 0.2) is 0 Å². The van der Waals surface area contributed by atoms with E-state index in [-0.39, 0.29) is 0 Å². The van der Waals surface area contributed by atoms with E-state index in [0.717, 1.165) is 10.6 Å². The Hall–Kier alpha value is -1.23. The number of aliphatic hydroxyl groups is 1. The summed E-state index contributed by atoms with van der Waals surface area (Å²) in [5, 5.41) is 15.5. The average Bonchev–Trinajstić information content (AvgIpc) is 2.84. The van der Waals surface area contributed by atoms with Gasteiger partial charge in [0.25, 0.3) is 0 Å². The highest BCUT2D eigenvalue weighted by molar-refractivity contribution is 7.10. The summed E-state index contributed by atoms with van der Waals surface area (Å²) in [6.07, 6.45) is 1.77. The first-order chi connectivity index (χ1) is 8.18. The minimum atomic E-state index is -0.817. The highest BCUT2D eigenvalue weighted by Gasteiger charge is 2.23. The van der Waals surface area contributed by atoms with Crippen molar-refractivity contribution in [3.05, 3.63) is 52.5 Å². The molecule has 0 bridgehead atoms. The predicted octanol–water partition coefficient (Wildman–Crippen LogP) is 2.14. The maximum absolute atomic E-state index is 10.3. The number of pyridine rings is 1. The number of aromatic nitrogens is 1. The fourth-order valence-electron chi connectivity index (χ4n) is 1.61. The number of nitrogens with one attached hydrogen (secondary N) is 1. The van der Waals surface area contributed by atoms with Crippen molar-refractivity contribution in [2.75, 3.05) is 6.54 Å². The maximum Gasteiger partial charge on any atom is 0.108 e. The van der Waals surface area contributed by atoms with Gasteiger partial charge < -0.3 is 10.4 Å². The molecule has 0 aromatic carbocycles. The van der Waals surface area contributed by atoms with E-state index >= 15 is 0 Å². The molecular formula is C13H16N2OS. The Labute approximate surface area is 105 Å². The molecular weight excluding hydrogens is 232 g/mol. The third kappa shape index (κ3) is 3.36. The molecule has 2 N–H and O–H groups in total. The van der Waals surface area contributed by atoms with E-state index in [2.05, 4.69) is 10.3 Å². The van der Waals surface area contributed by atoms with Crippen LogP contribution in [0.2, 0.25) is 0 Å². The zero-order chi connectivity index (χ0) is 12.1. The largest absolute Gasteiger partial charge is 0.383 e. The van der Waals surface area contributed by atoms with Gasteiger partial charge in [-0.3, -0.25) is 4.98 Å². The Kier molecular flexibility index (Phi) is 3.89. The summed E-state index contributed by atoms with van der Waals surface area (Å²) in [4.78, 5) is 5.20. The second-order valence-electron chi connectivity index (χ2n) is 4.18. The Bertz CT molecular complexity index is 440. The quantitative estimate of drug-likeness (QED) is 0.852. The molecule has 90 valence electrons. The number of hydrogen-bond acceptors (Lipinski definition) is 4. The number of nitrogens with zero attached hydrogens (tertiary/aromatic N) is 1. The molecule has 0 spiro atoms. The first kappa shape index (κ1) is 12.2. The van der Waals surface area contributed by atoms with Gasteiger partial charge in [-0.05, 0) is 30.5 Å². The van der Waals surface area contributed by atoms with E-state index < -0.39 is 5.60 Å². The molecule has 17 heavy (non-hydrogen) atoms. The van der Waals surface area contributed by atoms with Crippen molar-refractivity contribution in [2.24, 2.45) is 0 Å². The number of thiophene rings is 1. The fraction of sp³-hybridized carbons (Fsp3) is 0.308. The number of hydrogen-bond donors (Lipinski definition) is 2. The van der Waals surface area contributed by atoms with Gasteiger partial charge in [0.2, 0.25) is 0 Å². The molecule has 0 fully saturated rings. The van der Waals surface area contributed by atoms with E-state index in [9.17, 15) is 5.11 Å². The molecule has 3 nitrogen and oxygen atoms in total. The van der Waals surface area contributed by atoms with Gasteiger partial charge >= 0.3 is 0 Å². The SMILES string of the molecule is CC(O)(CNCc1ccccn1)c1cccs1. The van der Waals surface area contributed by atoms with Crippen LogP contribution in [0, 0.1) is 0 Å². The zero-order valence-electron chi connectivity index (χ0n) is 9.76. The van der Waals surface area contributed by atoms with Crippen molar-refractivity contribution in [1.82, 2.24) is 10.3 Å². The van der Waals surface area contributed by atoms with Crippen LogP contribution in [0.3, 0.4) is 0 Å². The lowest BCUT2D eigenvalue weighted by Gasteiger charge is -2.22. The smallest absolute Gasteiger partial charge is 0.108 e. The molecule has 0 aliphatic heterocycles. The van der Waals surface area contributed by atoms with Crippen molar-refractivity contribution in [3.63, 3.8) is 0 Å². The molecule has 0 aliphatic carbocycles. The minimum Gasteiger partial charge on any atom is -0.383 e. The molecule has 0 saturated carbocycles. The third-order valence-electron chi connectivity index (χ3n) is 2.55. The predicted molar refractivity (Wildman–Crippen MR) is 69.8 cm³/mol. The van der Waals surface area contributed by atoms with Gasteiger partial charge in [0, 0.05) is 24.2 Å². The van der Waals surface area contributed by atoms with Crippen LogP contribution in [-0.4, -0.2) is 16.6 Å². The Morgan fingerprint density at radius 1 is 1.35 bits per heavy atom. The monoisotopic (exact) mass is 248 g/mol. The van der Waals surface area contributed by atoms with Crippen LogP contribution in [0.5, 0.6) is 0 Å². The molecule has 1 atom stereocenters. The molecule has 2 aromatic heterocycles. The summed E-state index contributed by atoms with van der Waals surface area (Å²) in [6, 6.07) is 9.72. The van der Waals surface area contributed by atoms with Crippen LogP contribution in [-0.2, 0) is 12.1 Å². The molecule has 2 rings (SSSR count). The van der Waals surface area contributed by atoms with Gasteiger partial charge in [-0.1, -0.05) is 12.1 Å². The van der Waals surface area contributed by atoms with Gasteiger partial charge in [0.05, 0.1) is 5.69 Å². The van der Waals surface area contributed by atoms with E-state index in [1.165, 1.54) is 0 Å². The lowest BCUT2D eigenvalue weighted by atomic mass is 10.1. The summed E-state index contributed by atoms with van der Waals surface area (Å²) in [5.74, 6) is 0. The van der Waals surface area contributed by atoms with Gasteiger partial charge in [0.1, 0.15) is 5.60 Å². The van der Waals surface area contributed by atoms with Gasteiger partial charge in [-0.25, -0.2) is 0 Å². The second-order valence-corrected chi connectivity index (χ2v) is 5.12. The topological polar surface area (TPSA) is 45.1 Å². The summed E-state index contributed by atoms with van der Waals surface area (Å²) < 4.78 is 0. The standard InChI is InChI=1S/C13H16N2OS/c1-13(16,12-6-4-8-17-12)10-14-9-11-5-2-3-7-15-11/h2-8,14,16H,9-10H2,1H3.